The van der Waals surface area contributed by atoms with Gasteiger partial charge in [-0.05, 0) is 62.4 Å². The summed E-state index contributed by atoms with van der Waals surface area (Å²) in [5.41, 5.74) is 8.42. The van der Waals surface area contributed by atoms with Crippen molar-refractivity contribution in [1.82, 2.24) is 0 Å². The van der Waals surface area contributed by atoms with Crippen molar-refractivity contribution >= 4 is 0 Å². The van der Waals surface area contributed by atoms with Gasteiger partial charge in [0.2, 0.25) is 0 Å². The van der Waals surface area contributed by atoms with Gasteiger partial charge in [0.05, 0.1) is 13.7 Å². The number of aryl methyl sites for hydroxylation is 1. The third-order valence-corrected chi connectivity index (χ3v) is 4.10. The Morgan fingerprint density at radius 2 is 1.74 bits per heavy atom. The molecule has 0 aliphatic carbocycles. The molecule has 3 heteroatoms. The molecule has 2 aromatic rings. The van der Waals surface area contributed by atoms with Crippen LogP contribution in [0.3, 0.4) is 0 Å². The summed E-state index contributed by atoms with van der Waals surface area (Å²) in [4.78, 5) is 0. The summed E-state index contributed by atoms with van der Waals surface area (Å²) in [5.74, 6) is 2.21. The lowest BCUT2D eigenvalue weighted by Gasteiger charge is -2.18. The zero-order valence-corrected chi connectivity index (χ0v) is 14.1. The lowest BCUT2D eigenvalue weighted by molar-refractivity contribution is 0.303. The molecule has 0 amide bonds. The summed E-state index contributed by atoms with van der Waals surface area (Å²) in [5, 5.41) is 0. The van der Waals surface area contributed by atoms with Crippen LogP contribution >= 0.6 is 0 Å². The summed E-state index contributed by atoms with van der Waals surface area (Å²) < 4.78 is 11.2. The Balaban J connectivity index is 1.76. The molecule has 124 valence electrons. The van der Waals surface area contributed by atoms with E-state index in [1.807, 2.05) is 30.3 Å². The smallest absolute Gasteiger partial charge is 0.122 e. The van der Waals surface area contributed by atoms with Crippen LogP contribution < -0.4 is 15.2 Å². The first-order chi connectivity index (χ1) is 11.2. The molecule has 2 aromatic carbocycles. The van der Waals surface area contributed by atoms with Crippen molar-refractivity contribution in [1.29, 1.82) is 0 Å². The van der Waals surface area contributed by atoms with E-state index in [-0.39, 0.29) is 0 Å². The van der Waals surface area contributed by atoms with Crippen LogP contribution in [0, 0.1) is 6.92 Å². The number of hydrogen-bond donors (Lipinski definition) is 1. The molecule has 23 heavy (non-hydrogen) atoms. The highest BCUT2D eigenvalue weighted by atomic mass is 16.5. The van der Waals surface area contributed by atoms with Crippen LogP contribution in [0.1, 0.15) is 36.3 Å². The molecule has 2 N–H and O–H groups in total. The Morgan fingerprint density at radius 1 is 1.00 bits per heavy atom. The SMILES string of the molecule is COc1ccccc1C(CN)CCCCOc1ccc(C)cc1. The first kappa shape index (κ1) is 17.4. The first-order valence-electron chi connectivity index (χ1n) is 8.27. The maximum Gasteiger partial charge on any atom is 0.122 e. The van der Waals surface area contributed by atoms with Crippen LogP contribution in [-0.2, 0) is 0 Å². The van der Waals surface area contributed by atoms with Gasteiger partial charge in [0.1, 0.15) is 11.5 Å². The van der Waals surface area contributed by atoms with Crippen LogP contribution in [0.15, 0.2) is 48.5 Å². The van der Waals surface area contributed by atoms with Crippen molar-refractivity contribution in [2.75, 3.05) is 20.3 Å². The zero-order valence-electron chi connectivity index (χ0n) is 14.1. The number of para-hydroxylation sites is 1. The second-order valence-electron chi connectivity index (χ2n) is 5.83. The first-order valence-corrected chi connectivity index (χ1v) is 8.27. The Morgan fingerprint density at radius 3 is 2.43 bits per heavy atom. The van der Waals surface area contributed by atoms with Gasteiger partial charge in [-0.15, -0.1) is 0 Å². The Hall–Kier alpha value is -2.00. The monoisotopic (exact) mass is 313 g/mol. The maximum atomic E-state index is 5.96. The van der Waals surface area contributed by atoms with Gasteiger partial charge in [0, 0.05) is 0 Å². The van der Waals surface area contributed by atoms with E-state index < -0.39 is 0 Å². The third kappa shape index (κ3) is 5.29. The standard InChI is InChI=1S/C20H27NO2/c1-16-10-12-18(13-11-16)23-14-6-5-7-17(15-21)19-8-3-4-9-20(19)22-2/h3-4,8-13,17H,5-7,14-15,21H2,1-2H3. The van der Waals surface area contributed by atoms with Gasteiger partial charge in [0.15, 0.2) is 0 Å². The van der Waals surface area contributed by atoms with Crippen molar-refractivity contribution < 1.29 is 9.47 Å². The minimum atomic E-state index is 0.338. The lowest BCUT2D eigenvalue weighted by atomic mass is 9.93. The Labute approximate surface area is 139 Å². The molecule has 0 saturated carbocycles. The summed E-state index contributed by atoms with van der Waals surface area (Å²) in [7, 11) is 1.71. The normalized spacial score (nSPS) is 12.0. The van der Waals surface area contributed by atoms with E-state index in [0.717, 1.165) is 37.4 Å². The van der Waals surface area contributed by atoms with E-state index in [0.29, 0.717) is 12.5 Å². The maximum absolute atomic E-state index is 5.96. The van der Waals surface area contributed by atoms with E-state index in [9.17, 15) is 0 Å². The van der Waals surface area contributed by atoms with Crippen LogP contribution in [0.25, 0.3) is 0 Å². The van der Waals surface area contributed by atoms with E-state index in [1.54, 1.807) is 7.11 Å². The molecule has 1 unspecified atom stereocenters. The van der Waals surface area contributed by atoms with Crippen LogP contribution in [0.5, 0.6) is 11.5 Å². The van der Waals surface area contributed by atoms with E-state index >= 15 is 0 Å². The van der Waals surface area contributed by atoms with Gasteiger partial charge in [0.25, 0.3) is 0 Å². The number of ether oxygens (including phenoxy) is 2. The van der Waals surface area contributed by atoms with E-state index in [2.05, 4.69) is 25.1 Å². The van der Waals surface area contributed by atoms with Crippen molar-refractivity contribution in [3.05, 3.63) is 59.7 Å². The largest absolute Gasteiger partial charge is 0.496 e. The highest BCUT2D eigenvalue weighted by molar-refractivity contribution is 5.36. The molecule has 3 nitrogen and oxygen atoms in total. The molecule has 0 heterocycles. The summed E-state index contributed by atoms with van der Waals surface area (Å²) in [6.45, 7) is 3.46. The van der Waals surface area contributed by atoms with Crippen LogP contribution in [0.2, 0.25) is 0 Å². The van der Waals surface area contributed by atoms with E-state index in [1.165, 1.54) is 11.1 Å². The highest BCUT2D eigenvalue weighted by Gasteiger charge is 2.13. The predicted octanol–water partition coefficient (Wildman–Crippen LogP) is 4.30. The van der Waals surface area contributed by atoms with Gasteiger partial charge >= 0.3 is 0 Å². The van der Waals surface area contributed by atoms with Crippen LogP contribution in [0.4, 0.5) is 0 Å². The fourth-order valence-corrected chi connectivity index (χ4v) is 2.72. The van der Waals surface area contributed by atoms with Gasteiger partial charge in [-0.25, -0.2) is 0 Å². The van der Waals surface area contributed by atoms with Crippen molar-refractivity contribution in [2.24, 2.45) is 5.73 Å². The van der Waals surface area contributed by atoms with Gasteiger partial charge in [-0.1, -0.05) is 35.9 Å². The second kappa shape index (κ2) is 9.21. The van der Waals surface area contributed by atoms with Gasteiger partial charge < -0.3 is 15.2 Å². The molecule has 0 fully saturated rings. The number of rotatable bonds is 9. The summed E-state index contributed by atoms with van der Waals surface area (Å²) in [6, 6.07) is 16.3. The summed E-state index contributed by atoms with van der Waals surface area (Å²) in [6.07, 6.45) is 3.17. The topological polar surface area (TPSA) is 44.5 Å². The van der Waals surface area contributed by atoms with Crippen molar-refractivity contribution in [3.8, 4) is 11.5 Å². The quantitative estimate of drug-likeness (QED) is 0.702. The molecular formula is C20H27NO2. The number of hydrogen-bond acceptors (Lipinski definition) is 3. The van der Waals surface area contributed by atoms with Gasteiger partial charge in [-0.2, -0.15) is 0 Å². The second-order valence-corrected chi connectivity index (χ2v) is 5.83. The average molecular weight is 313 g/mol. The molecule has 0 bridgehead atoms. The molecule has 0 spiro atoms. The Kier molecular flexibility index (Phi) is 6.95. The molecule has 2 rings (SSSR count). The van der Waals surface area contributed by atoms with Crippen molar-refractivity contribution in [2.45, 2.75) is 32.1 Å². The molecule has 0 radical (unpaired) electrons. The lowest BCUT2D eigenvalue weighted by Crippen LogP contribution is -2.14. The highest BCUT2D eigenvalue weighted by Crippen LogP contribution is 2.29. The van der Waals surface area contributed by atoms with Crippen molar-refractivity contribution in [3.63, 3.8) is 0 Å². The molecule has 0 aliphatic rings. The molecule has 0 saturated heterocycles. The molecule has 1 atom stereocenters. The summed E-state index contributed by atoms with van der Waals surface area (Å²) >= 11 is 0. The minimum absolute atomic E-state index is 0.338. The Bertz CT molecular complexity index is 580. The molecule has 0 aliphatic heterocycles. The fraction of sp³-hybridized carbons (Fsp3) is 0.400. The number of nitrogens with two attached hydrogens (primary N) is 1. The zero-order chi connectivity index (χ0) is 16.5. The third-order valence-electron chi connectivity index (χ3n) is 4.10. The number of benzene rings is 2. The average Bonchev–Trinajstić information content (AvgIpc) is 2.60. The molecule has 0 aromatic heterocycles. The molecular weight excluding hydrogens is 286 g/mol. The minimum Gasteiger partial charge on any atom is -0.496 e. The van der Waals surface area contributed by atoms with E-state index in [4.69, 9.17) is 15.2 Å². The van der Waals surface area contributed by atoms with Crippen LogP contribution in [-0.4, -0.2) is 20.3 Å². The fourth-order valence-electron chi connectivity index (χ4n) is 2.72. The predicted molar refractivity (Wildman–Crippen MR) is 95.3 cm³/mol. The number of methoxy groups -OCH3 is 1. The number of unbranched alkanes of at least 4 members (excludes halogenated alkanes) is 1. The van der Waals surface area contributed by atoms with Gasteiger partial charge in [-0.3, -0.25) is 0 Å².